The van der Waals surface area contributed by atoms with Gasteiger partial charge in [0.05, 0.1) is 0 Å². The molecule has 0 aliphatic heterocycles. The maximum absolute atomic E-state index is 2.80. The van der Waals surface area contributed by atoms with Crippen molar-refractivity contribution < 1.29 is 0 Å². The van der Waals surface area contributed by atoms with Crippen LogP contribution in [0.1, 0.15) is 72.1 Å². The fourth-order valence-electron chi connectivity index (χ4n) is 5.13. The van der Waals surface area contributed by atoms with Gasteiger partial charge >= 0.3 is 171 Å². The summed E-state index contributed by atoms with van der Waals surface area (Å²) in [5.41, 5.74) is 0. The number of hydrogen-bond donors (Lipinski definition) is 0. The second-order valence-electron chi connectivity index (χ2n) is 8.59. The van der Waals surface area contributed by atoms with Gasteiger partial charge in [0.1, 0.15) is 0 Å². The molecule has 0 saturated carbocycles. The van der Waals surface area contributed by atoms with Crippen LogP contribution in [0.15, 0.2) is 12.2 Å². The van der Waals surface area contributed by atoms with Crippen LogP contribution in [-0.4, -0.2) is 73.1 Å². The molecule has 0 saturated heterocycles. The molecule has 162 valence electrons. The Labute approximate surface area is 171 Å². The van der Waals surface area contributed by atoms with Crippen LogP contribution in [0.25, 0.3) is 0 Å². The third kappa shape index (κ3) is 6.78. The van der Waals surface area contributed by atoms with Gasteiger partial charge in [0.25, 0.3) is 0 Å². The molecule has 1 rings (SSSR count). The molecule has 0 spiro atoms. The Bertz CT molecular complexity index is 384. The van der Waals surface area contributed by atoms with Gasteiger partial charge < -0.3 is 0 Å². The van der Waals surface area contributed by atoms with E-state index in [1.54, 1.807) is 0 Å². The van der Waals surface area contributed by atoms with E-state index in [1.807, 2.05) is 0 Å². The van der Waals surface area contributed by atoms with Crippen LogP contribution >= 0.6 is 7.87 Å². The van der Waals surface area contributed by atoms with E-state index in [0.717, 1.165) is 5.92 Å². The van der Waals surface area contributed by atoms with E-state index in [2.05, 4.69) is 79.8 Å². The van der Waals surface area contributed by atoms with E-state index in [0.29, 0.717) is 0 Å². The molecule has 0 heterocycles. The number of rotatable bonds is 12. The van der Waals surface area contributed by atoms with Gasteiger partial charge in [-0.2, -0.15) is 0 Å². The molecule has 0 N–H and O–H groups in total. The molecule has 1 unspecified atom stereocenters. The van der Waals surface area contributed by atoms with Gasteiger partial charge in [0.15, 0.2) is 0 Å². The first kappa shape index (κ1) is 25.0. The fourth-order valence-corrected chi connectivity index (χ4v) is 10.7. The molecule has 0 radical (unpaired) electrons. The molecule has 1 aliphatic rings. The predicted molar refractivity (Wildman–Crippen MR) is 125 cm³/mol. The van der Waals surface area contributed by atoms with Crippen LogP contribution < -0.4 is 0 Å². The topological polar surface area (TPSA) is 13.0 Å². The van der Waals surface area contributed by atoms with Crippen molar-refractivity contribution in [1.29, 1.82) is 0 Å². The van der Waals surface area contributed by atoms with Gasteiger partial charge in [0.2, 0.25) is 0 Å². The van der Waals surface area contributed by atoms with Crippen molar-refractivity contribution in [3.8, 4) is 0 Å². The summed E-state index contributed by atoms with van der Waals surface area (Å²) in [6.45, 7) is 11.7. The van der Waals surface area contributed by atoms with Crippen LogP contribution in [0.4, 0.5) is 0 Å². The van der Waals surface area contributed by atoms with Gasteiger partial charge in [-0.05, 0) is 0 Å². The molecule has 0 fully saturated rings. The predicted octanol–water partition coefficient (Wildman–Crippen LogP) is 5.49. The van der Waals surface area contributed by atoms with Crippen molar-refractivity contribution in [3.63, 3.8) is 0 Å². The van der Waals surface area contributed by atoms with Gasteiger partial charge in [0, 0.05) is 0 Å². The van der Waals surface area contributed by atoms with Crippen LogP contribution in [0.2, 0.25) is 0 Å². The first-order chi connectivity index (χ1) is 12.9. The van der Waals surface area contributed by atoms with E-state index in [-0.39, 0.29) is 0 Å². The molecular formula is C22H49N4P. The summed E-state index contributed by atoms with van der Waals surface area (Å²) in [5.74, 6) is 0.826. The van der Waals surface area contributed by atoms with E-state index < -0.39 is 7.87 Å². The molecule has 0 bridgehead atoms. The zero-order chi connectivity index (χ0) is 20.3. The number of allylic oxidation sites excluding steroid dienone is 2. The Hall–Kier alpha value is 0.0100. The minimum absolute atomic E-state index is 0.826. The standard InChI is InChI=1S/C22H49N4P/c1-8-18-23(4)27(24(5)19-9-2,25(6)20-10-3)26(7)21-22-16-14-12-11-13-15-17-22/h11-12,22,27H,8-10,13-21H2,1-7H3/b12-11-. The molecule has 0 amide bonds. The van der Waals surface area contributed by atoms with Crippen molar-refractivity contribution in [2.24, 2.45) is 5.92 Å². The molecule has 5 heteroatoms. The normalized spacial score (nSPS) is 21.1. The van der Waals surface area contributed by atoms with E-state index >= 15 is 0 Å². The minimum atomic E-state index is -2.07. The van der Waals surface area contributed by atoms with Crippen molar-refractivity contribution >= 4 is 7.87 Å². The monoisotopic (exact) mass is 400 g/mol. The number of nitrogens with zero attached hydrogens (tertiary/aromatic N) is 4. The second kappa shape index (κ2) is 13.3. The van der Waals surface area contributed by atoms with Crippen LogP contribution in [-0.2, 0) is 0 Å². The fraction of sp³-hybridized carbons (Fsp3) is 0.909. The van der Waals surface area contributed by atoms with E-state index in [9.17, 15) is 0 Å². The Morgan fingerprint density at radius 1 is 0.704 bits per heavy atom. The summed E-state index contributed by atoms with van der Waals surface area (Å²) in [7, 11) is 7.49. The van der Waals surface area contributed by atoms with Gasteiger partial charge in [-0.15, -0.1) is 0 Å². The average Bonchev–Trinajstić information content (AvgIpc) is 2.58. The molecule has 0 aromatic carbocycles. The van der Waals surface area contributed by atoms with Gasteiger partial charge in [-0.1, -0.05) is 0 Å². The van der Waals surface area contributed by atoms with Crippen molar-refractivity contribution in [2.45, 2.75) is 72.1 Å². The van der Waals surface area contributed by atoms with Crippen molar-refractivity contribution in [3.05, 3.63) is 12.2 Å². The summed E-state index contributed by atoms with van der Waals surface area (Å²) < 4.78 is 11.0. The molecule has 1 atom stereocenters. The van der Waals surface area contributed by atoms with Crippen molar-refractivity contribution in [1.82, 2.24) is 18.7 Å². The Balaban J connectivity index is 3.15. The average molecular weight is 401 g/mol. The first-order valence-corrected chi connectivity index (χ1v) is 13.2. The quantitative estimate of drug-likeness (QED) is 0.317. The summed E-state index contributed by atoms with van der Waals surface area (Å²) in [6, 6.07) is 0. The van der Waals surface area contributed by atoms with Crippen LogP contribution in [0, 0.1) is 5.92 Å². The third-order valence-electron chi connectivity index (χ3n) is 6.15. The van der Waals surface area contributed by atoms with Gasteiger partial charge in [-0.3, -0.25) is 0 Å². The molecule has 27 heavy (non-hydrogen) atoms. The summed E-state index contributed by atoms with van der Waals surface area (Å²) in [4.78, 5) is 0. The zero-order valence-electron chi connectivity index (χ0n) is 19.5. The SMILES string of the molecule is CCCN(C)[PH](N(C)CCC)(N(C)CCC)N(C)CC1CC/C=C\CCC1. The maximum atomic E-state index is 2.80. The number of hydrogen-bond acceptors (Lipinski definition) is 4. The summed E-state index contributed by atoms with van der Waals surface area (Å²) in [5, 5.41) is 0. The Morgan fingerprint density at radius 2 is 1.19 bits per heavy atom. The summed E-state index contributed by atoms with van der Waals surface area (Å²) >= 11 is 0. The van der Waals surface area contributed by atoms with Crippen LogP contribution in [0.3, 0.4) is 0 Å². The molecule has 4 nitrogen and oxygen atoms in total. The molecule has 0 aromatic heterocycles. The molecule has 1 aliphatic carbocycles. The van der Waals surface area contributed by atoms with Crippen LogP contribution in [0.5, 0.6) is 0 Å². The summed E-state index contributed by atoms with van der Waals surface area (Å²) in [6.07, 6.45) is 15.0. The molecule has 0 aromatic rings. The van der Waals surface area contributed by atoms with Gasteiger partial charge in [-0.25, -0.2) is 0 Å². The first-order valence-electron chi connectivity index (χ1n) is 11.4. The van der Waals surface area contributed by atoms with Crippen molar-refractivity contribution in [2.75, 3.05) is 54.4 Å². The van der Waals surface area contributed by atoms with E-state index in [4.69, 9.17) is 0 Å². The third-order valence-corrected chi connectivity index (χ3v) is 11.1. The zero-order valence-corrected chi connectivity index (χ0v) is 20.5. The Morgan fingerprint density at radius 3 is 1.67 bits per heavy atom. The second-order valence-corrected chi connectivity index (χ2v) is 12.8. The van der Waals surface area contributed by atoms with E-state index in [1.165, 1.54) is 77.5 Å². The molecular weight excluding hydrogens is 351 g/mol. The Kier molecular flexibility index (Phi) is 12.3.